The summed E-state index contributed by atoms with van der Waals surface area (Å²) in [6.07, 6.45) is 0. The minimum atomic E-state index is -0.312. The van der Waals surface area contributed by atoms with Gasteiger partial charge in [0.1, 0.15) is 0 Å². The molecule has 0 saturated carbocycles. The summed E-state index contributed by atoms with van der Waals surface area (Å²) in [6.45, 7) is 0. The van der Waals surface area contributed by atoms with E-state index in [0.29, 0.717) is 0 Å². The number of fused-ring (bicyclic) bond motifs is 15. The molecule has 0 spiro atoms. The molecule has 3 unspecified atom stereocenters. The van der Waals surface area contributed by atoms with Gasteiger partial charge in [0.2, 0.25) is 0 Å². The van der Waals surface area contributed by atoms with E-state index in [1.54, 1.807) is 0 Å². The van der Waals surface area contributed by atoms with Crippen LogP contribution in [0.3, 0.4) is 0 Å². The number of pyridine rings is 3. The van der Waals surface area contributed by atoms with Gasteiger partial charge in [0, 0.05) is 16.2 Å². The minimum Gasteiger partial charge on any atom is -0.255 e. The Morgan fingerprint density at radius 2 is 0.460 bits per heavy atom. The van der Waals surface area contributed by atoms with E-state index in [9.17, 15) is 0 Å². The third-order valence-corrected chi connectivity index (χ3v) is 13.5. The fraction of sp³-hybridized carbons (Fsp3) is 0.0500. The van der Waals surface area contributed by atoms with Gasteiger partial charge in [0.15, 0.2) is 0 Å². The Hall–Kier alpha value is -8.01. The molecule has 9 aromatic carbocycles. The molecule has 0 aliphatic carbocycles. The van der Waals surface area contributed by atoms with Crippen LogP contribution in [-0.4, -0.2) is 15.0 Å². The molecule has 0 saturated heterocycles. The van der Waals surface area contributed by atoms with Gasteiger partial charge >= 0.3 is 0 Å². The molecule has 0 fully saturated rings. The van der Waals surface area contributed by atoms with Crippen molar-refractivity contribution in [2.24, 2.45) is 0 Å². The molecule has 13 rings (SSSR count). The van der Waals surface area contributed by atoms with Gasteiger partial charge in [-0.1, -0.05) is 200 Å². The number of rotatable bonds is 3. The first-order valence-electron chi connectivity index (χ1n) is 21.9. The first kappa shape index (κ1) is 35.7. The highest BCUT2D eigenvalue weighted by Crippen LogP contribution is 2.47. The van der Waals surface area contributed by atoms with Crippen LogP contribution in [0, 0.1) is 0 Å². The van der Waals surface area contributed by atoms with Crippen molar-refractivity contribution in [2.45, 2.75) is 17.8 Å². The Labute approximate surface area is 365 Å². The van der Waals surface area contributed by atoms with Crippen LogP contribution < -0.4 is 0 Å². The summed E-state index contributed by atoms with van der Waals surface area (Å²) in [5, 5.41) is 13.9. The summed E-state index contributed by atoms with van der Waals surface area (Å²) >= 11 is 0. The van der Waals surface area contributed by atoms with Crippen LogP contribution in [0.25, 0.3) is 64.6 Å². The monoisotopic (exact) mass is 801 g/mol. The molecule has 0 amide bonds. The Morgan fingerprint density at radius 3 is 0.762 bits per heavy atom. The third kappa shape index (κ3) is 5.70. The van der Waals surface area contributed by atoms with Gasteiger partial charge in [-0.05, 0) is 83.4 Å². The Bertz CT molecular complexity index is 3380. The lowest BCUT2D eigenvalue weighted by Gasteiger charge is -2.29. The molecule has 63 heavy (non-hydrogen) atoms. The maximum absolute atomic E-state index is 5.99. The summed E-state index contributed by atoms with van der Waals surface area (Å²) in [7, 11) is 0. The lowest BCUT2D eigenvalue weighted by Crippen LogP contribution is -2.18. The van der Waals surface area contributed by atoms with Crippen LogP contribution in [0.1, 0.15) is 68.6 Å². The molecular formula is C60H39N3. The van der Waals surface area contributed by atoms with Crippen LogP contribution in [0.15, 0.2) is 218 Å². The molecule has 3 aromatic heterocycles. The fourth-order valence-corrected chi connectivity index (χ4v) is 10.7. The summed E-state index contributed by atoms with van der Waals surface area (Å²) in [4.78, 5) is 18.0. The summed E-state index contributed by atoms with van der Waals surface area (Å²) in [5.74, 6) is -0.936. The predicted molar refractivity (Wildman–Crippen MR) is 260 cm³/mol. The number of benzene rings is 9. The fourth-order valence-electron chi connectivity index (χ4n) is 10.7. The van der Waals surface area contributed by atoms with E-state index >= 15 is 0 Å². The van der Waals surface area contributed by atoms with E-state index < -0.39 is 0 Å². The molecule has 3 nitrogen and oxygen atoms in total. The zero-order valence-corrected chi connectivity index (χ0v) is 34.4. The van der Waals surface area contributed by atoms with Crippen LogP contribution >= 0.6 is 0 Å². The smallest absolute Gasteiger partial charge is 0.0698 e. The molecule has 1 aliphatic rings. The first-order valence-corrected chi connectivity index (χ1v) is 21.9. The lowest BCUT2D eigenvalue weighted by molar-refractivity contribution is 0.794. The zero-order chi connectivity index (χ0) is 41.4. The summed E-state index contributed by atoms with van der Waals surface area (Å²) in [5.41, 5.74) is 9.39. The van der Waals surface area contributed by atoms with E-state index in [0.717, 1.165) is 66.5 Å². The number of aromatic nitrogens is 3. The largest absolute Gasteiger partial charge is 0.255 e. The van der Waals surface area contributed by atoms with Crippen LogP contribution in [0.5, 0.6) is 0 Å². The summed E-state index contributed by atoms with van der Waals surface area (Å²) < 4.78 is 0. The van der Waals surface area contributed by atoms with E-state index in [2.05, 4.69) is 218 Å². The number of nitrogens with zero attached hydrogens (tertiary/aromatic N) is 3. The van der Waals surface area contributed by atoms with Crippen molar-refractivity contribution in [3.63, 3.8) is 0 Å². The Balaban J connectivity index is 1.27. The first-order chi connectivity index (χ1) is 31.2. The molecule has 1 aliphatic heterocycles. The van der Waals surface area contributed by atoms with Crippen molar-refractivity contribution in [1.29, 1.82) is 0 Å². The van der Waals surface area contributed by atoms with Gasteiger partial charge in [0.25, 0.3) is 0 Å². The second kappa shape index (κ2) is 14.3. The van der Waals surface area contributed by atoms with Crippen molar-refractivity contribution >= 4 is 64.6 Å². The van der Waals surface area contributed by atoms with Gasteiger partial charge in [0.05, 0.1) is 51.9 Å². The second-order valence-corrected chi connectivity index (χ2v) is 17.0. The summed E-state index contributed by atoms with van der Waals surface area (Å²) in [6, 6.07) is 79.7. The molecule has 0 radical (unpaired) electrons. The quantitative estimate of drug-likeness (QED) is 0.179. The minimum absolute atomic E-state index is 0.312. The lowest BCUT2D eigenvalue weighted by atomic mass is 9.80. The second-order valence-electron chi connectivity index (χ2n) is 17.0. The molecular weight excluding hydrogens is 763 g/mol. The third-order valence-electron chi connectivity index (χ3n) is 13.5. The van der Waals surface area contributed by atoms with E-state index in [4.69, 9.17) is 15.0 Å². The van der Waals surface area contributed by atoms with Crippen molar-refractivity contribution in [2.75, 3.05) is 0 Å². The SMILES string of the molecule is c1ccc2c(C3c4cc5ccccc5c(n4)C(c4cccc5ccccc45)c4cc5ccccc5c(n4)C(c4cccc5ccccc45)c4cc5ccccc5c3n4)cccc2c1. The standard InChI is InChI=1S/C60H39N3/c1-7-25-43-37(16-1)22-13-31-49(43)55-52-34-40-19-5-11-29-47(40)59(61-52)57(51-33-15-24-39-18-3-9-27-45(39)51)54-36-42-21-6-12-30-48(42)60(63-54)56(50-32-14-23-38-17-2-8-26-44(38)50)53-35-41-20-4-10-28-46(41)58(55)62-53/h1-36,55-57H. The van der Waals surface area contributed by atoms with Crippen LogP contribution in [-0.2, 0) is 0 Å². The molecule has 294 valence electrons. The highest BCUT2D eigenvalue weighted by atomic mass is 14.8. The van der Waals surface area contributed by atoms with E-state index in [1.807, 2.05) is 0 Å². The van der Waals surface area contributed by atoms with Gasteiger partial charge in [-0.25, -0.2) is 0 Å². The van der Waals surface area contributed by atoms with E-state index in [-0.39, 0.29) is 17.8 Å². The van der Waals surface area contributed by atoms with E-state index in [1.165, 1.54) is 49.0 Å². The molecule has 4 heterocycles. The average molecular weight is 802 g/mol. The highest BCUT2D eigenvalue weighted by molar-refractivity contribution is 5.96. The highest BCUT2D eigenvalue weighted by Gasteiger charge is 2.34. The number of hydrogen-bond acceptors (Lipinski definition) is 3. The van der Waals surface area contributed by atoms with Crippen LogP contribution in [0.4, 0.5) is 0 Å². The molecule has 6 bridgehead atoms. The van der Waals surface area contributed by atoms with Crippen molar-refractivity contribution in [1.82, 2.24) is 15.0 Å². The van der Waals surface area contributed by atoms with Crippen LogP contribution in [0.2, 0.25) is 0 Å². The van der Waals surface area contributed by atoms with Crippen molar-refractivity contribution in [3.8, 4) is 0 Å². The Morgan fingerprint density at radius 1 is 0.222 bits per heavy atom. The topological polar surface area (TPSA) is 38.7 Å². The maximum atomic E-state index is 5.99. The average Bonchev–Trinajstić information content (AvgIpc) is 3.34. The van der Waals surface area contributed by atoms with Gasteiger partial charge in [-0.3, -0.25) is 15.0 Å². The molecule has 3 atom stereocenters. The van der Waals surface area contributed by atoms with Crippen molar-refractivity contribution < 1.29 is 0 Å². The molecule has 0 N–H and O–H groups in total. The van der Waals surface area contributed by atoms with Crippen molar-refractivity contribution in [3.05, 3.63) is 269 Å². The van der Waals surface area contributed by atoms with Gasteiger partial charge < -0.3 is 0 Å². The maximum Gasteiger partial charge on any atom is 0.0698 e. The van der Waals surface area contributed by atoms with Gasteiger partial charge in [-0.15, -0.1) is 0 Å². The zero-order valence-electron chi connectivity index (χ0n) is 34.4. The predicted octanol–water partition coefficient (Wildman–Crippen LogP) is 14.6. The normalized spacial score (nSPS) is 16.1. The Kier molecular flexibility index (Phi) is 8.10. The number of hydrogen-bond donors (Lipinski definition) is 0. The van der Waals surface area contributed by atoms with Gasteiger partial charge in [-0.2, -0.15) is 0 Å². The molecule has 3 heteroatoms. The molecule has 12 aromatic rings.